The van der Waals surface area contributed by atoms with Crippen LogP contribution in [0.25, 0.3) is 0 Å². The lowest BCUT2D eigenvalue weighted by Gasteiger charge is -2.32. The summed E-state index contributed by atoms with van der Waals surface area (Å²) in [6, 6.07) is 2.72. The van der Waals surface area contributed by atoms with Gasteiger partial charge in [0.05, 0.1) is 6.07 Å². The SMILES string of the molecule is CCCN(CC)CC(C)(C#N)NC(C)C. The van der Waals surface area contributed by atoms with Gasteiger partial charge in [-0.1, -0.05) is 13.8 Å². The third-order valence-corrected chi connectivity index (χ3v) is 2.38. The van der Waals surface area contributed by atoms with E-state index in [0.717, 1.165) is 26.1 Å². The number of nitrogens with one attached hydrogen (secondary N) is 1. The van der Waals surface area contributed by atoms with Crippen molar-refractivity contribution >= 4 is 0 Å². The van der Waals surface area contributed by atoms with Crippen molar-refractivity contribution in [3.63, 3.8) is 0 Å². The minimum Gasteiger partial charge on any atom is -0.301 e. The van der Waals surface area contributed by atoms with E-state index in [-0.39, 0.29) is 0 Å². The van der Waals surface area contributed by atoms with E-state index in [0.29, 0.717) is 6.04 Å². The van der Waals surface area contributed by atoms with Crippen LogP contribution in [0.15, 0.2) is 0 Å². The standard InChI is InChI=1S/C12H25N3/c1-6-8-15(7-2)10-12(5,9-13)14-11(3)4/h11,14H,6-8,10H2,1-5H3. The maximum Gasteiger partial charge on any atom is 0.116 e. The molecule has 1 atom stereocenters. The molecule has 1 unspecified atom stereocenters. The topological polar surface area (TPSA) is 39.1 Å². The smallest absolute Gasteiger partial charge is 0.116 e. The number of hydrogen-bond donors (Lipinski definition) is 1. The highest BCUT2D eigenvalue weighted by molar-refractivity contribution is 5.06. The molecule has 3 nitrogen and oxygen atoms in total. The molecule has 3 heteroatoms. The Morgan fingerprint density at radius 2 is 2.00 bits per heavy atom. The summed E-state index contributed by atoms with van der Waals surface area (Å²) < 4.78 is 0. The molecule has 0 fully saturated rings. The van der Waals surface area contributed by atoms with Gasteiger partial charge in [-0.3, -0.25) is 5.32 Å². The van der Waals surface area contributed by atoms with Crippen LogP contribution in [0.4, 0.5) is 0 Å². The average Bonchev–Trinajstić information content (AvgIpc) is 2.16. The van der Waals surface area contributed by atoms with Crippen LogP contribution in [-0.4, -0.2) is 36.1 Å². The van der Waals surface area contributed by atoms with Gasteiger partial charge in [0.25, 0.3) is 0 Å². The van der Waals surface area contributed by atoms with Crippen LogP contribution in [0.1, 0.15) is 41.0 Å². The first-order chi connectivity index (χ1) is 6.97. The molecule has 15 heavy (non-hydrogen) atoms. The number of nitrogens with zero attached hydrogens (tertiary/aromatic N) is 2. The lowest BCUT2D eigenvalue weighted by molar-refractivity contribution is 0.222. The van der Waals surface area contributed by atoms with Gasteiger partial charge < -0.3 is 4.90 Å². The zero-order valence-corrected chi connectivity index (χ0v) is 10.8. The summed E-state index contributed by atoms with van der Waals surface area (Å²) in [5.74, 6) is 0. The lowest BCUT2D eigenvalue weighted by atomic mass is 10.0. The predicted molar refractivity (Wildman–Crippen MR) is 64.7 cm³/mol. The summed E-state index contributed by atoms with van der Waals surface area (Å²) in [4.78, 5) is 2.32. The van der Waals surface area contributed by atoms with Crippen molar-refractivity contribution in [2.24, 2.45) is 0 Å². The molecule has 0 aromatic carbocycles. The normalized spacial score (nSPS) is 15.3. The molecule has 88 valence electrons. The van der Waals surface area contributed by atoms with Crippen molar-refractivity contribution < 1.29 is 0 Å². The Balaban J connectivity index is 4.34. The molecule has 0 aromatic heterocycles. The second-order valence-corrected chi connectivity index (χ2v) is 4.61. The molecule has 0 aliphatic carbocycles. The van der Waals surface area contributed by atoms with Gasteiger partial charge in [0, 0.05) is 12.6 Å². The number of hydrogen-bond acceptors (Lipinski definition) is 3. The maximum atomic E-state index is 9.21. The van der Waals surface area contributed by atoms with Crippen molar-refractivity contribution in [1.29, 1.82) is 5.26 Å². The molecule has 0 spiro atoms. The lowest BCUT2D eigenvalue weighted by Crippen LogP contribution is -2.52. The fourth-order valence-electron chi connectivity index (χ4n) is 1.86. The summed E-state index contributed by atoms with van der Waals surface area (Å²) in [5, 5.41) is 12.5. The summed E-state index contributed by atoms with van der Waals surface area (Å²) in [7, 11) is 0. The summed E-state index contributed by atoms with van der Waals surface area (Å²) >= 11 is 0. The Hall–Kier alpha value is -0.590. The highest BCUT2D eigenvalue weighted by Gasteiger charge is 2.26. The molecular formula is C12H25N3. The largest absolute Gasteiger partial charge is 0.301 e. The highest BCUT2D eigenvalue weighted by atomic mass is 15.2. The quantitative estimate of drug-likeness (QED) is 0.700. The second kappa shape index (κ2) is 6.81. The van der Waals surface area contributed by atoms with Gasteiger partial charge in [0.15, 0.2) is 0 Å². The van der Waals surface area contributed by atoms with Gasteiger partial charge in [-0.15, -0.1) is 0 Å². The Labute approximate surface area is 94.5 Å². The molecule has 0 radical (unpaired) electrons. The second-order valence-electron chi connectivity index (χ2n) is 4.61. The van der Waals surface area contributed by atoms with Crippen LogP contribution in [0, 0.1) is 11.3 Å². The Morgan fingerprint density at radius 3 is 2.33 bits per heavy atom. The number of rotatable bonds is 7. The molecule has 0 saturated carbocycles. The van der Waals surface area contributed by atoms with E-state index in [1.54, 1.807) is 0 Å². The summed E-state index contributed by atoms with van der Waals surface area (Å²) in [6.07, 6.45) is 1.14. The van der Waals surface area contributed by atoms with Crippen molar-refractivity contribution in [2.45, 2.75) is 52.6 Å². The molecule has 0 bridgehead atoms. The first-order valence-corrected chi connectivity index (χ1v) is 5.88. The third-order valence-electron chi connectivity index (χ3n) is 2.38. The predicted octanol–water partition coefficient (Wildman–Crippen LogP) is 2.00. The van der Waals surface area contributed by atoms with Crippen LogP contribution in [-0.2, 0) is 0 Å². The monoisotopic (exact) mass is 211 g/mol. The molecule has 0 amide bonds. The van der Waals surface area contributed by atoms with E-state index in [2.05, 4.69) is 44.0 Å². The minimum absolute atomic E-state index is 0.343. The van der Waals surface area contributed by atoms with E-state index < -0.39 is 5.54 Å². The van der Waals surface area contributed by atoms with Crippen molar-refractivity contribution in [3.05, 3.63) is 0 Å². The molecule has 0 saturated heterocycles. The van der Waals surface area contributed by atoms with Gasteiger partial charge >= 0.3 is 0 Å². The highest BCUT2D eigenvalue weighted by Crippen LogP contribution is 2.07. The van der Waals surface area contributed by atoms with Gasteiger partial charge in [-0.25, -0.2) is 0 Å². The summed E-state index contributed by atoms with van der Waals surface area (Å²) in [5.41, 5.74) is -0.431. The van der Waals surface area contributed by atoms with Crippen molar-refractivity contribution in [1.82, 2.24) is 10.2 Å². The van der Waals surface area contributed by atoms with Crippen LogP contribution in [0.2, 0.25) is 0 Å². The Morgan fingerprint density at radius 1 is 1.40 bits per heavy atom. The molecule has 0 aliphatic rings. The summed E-state index contributed by atoms with van der Waals surface area (Å²) in [6.45, 7) is 13.3. The van der Waals surface area contributed by atoms with E-state index >= 15 is 0 Å². The maximum absolute atomic E-state index is 9.21. The zero-order valence-electron chi connectivity index (χ0n) is 10.8. The minimum atomic E-state index is -0.431. The molecule has 0 heterocycles. The van der Waals surface area contributed by atoms with Crippen LogP contribution in [0.3, 0.4) is 0 Å². The van der Waals surface area contributed by atoms with Gasteiger partial charge in [0.1, 0.15) is 5.54 Å². The van der Waals surface area contributed by atoms with Crippen molar-refractivity contribution in [3.8, 4) is 6.07 Å². The van der Waals surface area contributed by atoms with E-state index in [1.807, 2.05) is 6.92 Å². The fourth-order valence-corrected chi connectivity index (χ4v) is 1.86. The first-order valence-electron chi connectivity index (χ1n) is 5.88. The third kappa shape index (κ3) is 5.76. The number of likely N-dealkylation sites (N-methyl/N-ethyl adjacent to an activating group) is 1. The fraction of sp³-hybridized carbons (Fsp3) is 0.917. The molecule has 1 N–H and O–H groups in total. The van der Waals surface area contributed by atoms with Gasteiger partial charge in [-0.2, -0.15) is 5.26 Å². The van der Waals surface area contributed by atoms with Gasteiger partial charge in [-0.05, 0) is 40.3 Å². The molecule has 0 rings (SSSR count). The number of nitriles is 1. The molecule has 0 aliphatic heterocycles. The van der Waals surface area contributed by atoms with E-state index in [4.69, 9.17) is 0 Å². The van der Waals surface area contributed by atoms with E-state index in [1.165, 1.54) is 0 Å². The molecular weight excluding hydrogens is 186 g/mol. The van der Waals surface area contributed by atoms with Crippen LogP contribution < -0.4 is 5.32 Å². The average molecular weight is 211 g/mol. The van der Waals surface area contributed by atoms with Crippen LogP contribution in [0.5, 0.6) is 0 Å². The zero-order chi connectivity index (χ0) is 11.9. The van der Waals surface area contributed by atoms with Crippen LogP contribution >= 0.6 is 0 Å². The Kier molecular flexibility index (Phi) is 6.55. The van der Waals surface area contributed by atoms with Gasteiger partial charge in [0.2, 0.25) is 0 Å². The van der Waals surface area contributed by atoms with E-state index in [9.17, 15) is 5.26 Å². The first kappa shape index (κ1) is 14.4. The Bertz CT molecular complexity index is 207. The molecule has 0 aromatic rings. The van der Waals surface area contributed by atoms with Crippen molar-refractivity contribution in [2.75, 3.05) is 19.6 Å².